The lowest BCUT2D eigenvalue weighted by Gasteiger charge is -2.18. The van der Waals surface area contributed by atoms with Gasteiger partial charge in [0.05, 0.1) is 18.5 Å². The number of carbonyl (C=O) groups excluding carboxylic acids is 3. The number of halogens is 1. The maximum Gasteiger partial charge on any atom is 0.234 e. The van der Waals surface area contributed by atoms with Crippen molar-refractivity contribution in [3.8, 4) is 0 Å². The minimum Gasteiger partial charge on any atom is -0.356 e. The molecule has 2 atom stereocenters. The lowest BCUT2D eigenvalue weighted by atomic mass is 9.96. The molecular weight excluding hydrogens is 246 g/mol. The molecule has 2 amide bonds. The quantitative estimate of drug-likeness (QED) is 0.521. The van der Waals surface area contributed by atoms with Gasteiger partial charge in [0.25, 0.3) is 0 Å². The molecule has 1 saturated heterocycles. The number of alkyl halides is 1. The zero-order valence-electron chi connectivity index (χ0n) is 9.37. The molecule has 0 aliphatic carbocycles. The van der Waals surface area contributed by atoms with Gasteiger partial charge >= 0.3 is 0 Å². The molecule has 0 saturated carbocycles. The highest BCUT2D eigenvalue weighted by Crippen LogP contribution is 2.16. The van der Waals surface area contributed by atoms with Gasteiger partial charge in [-0.25, -0.2) is 0 Å². The van der Waals surface area contributed by atoms with Crippen LogP contribution in [0.1, 0.15) is 12.8 Å². The average Bonchev–Trinajstić information content (AvgIpc) is 2.73. The Balaban J connectivity index is 2.59. The van der Waals surface area contributed by atoms with Crippen LogP contribution in [0.5, 0.6) is 0 Å². The van der Waals surface area contributed by atoms with Crippen LogP contribution < -0.4 is 16.4 Å². The van der Waals surface area contributed by atoms with E-state index in [-0.39, 0.29) is 36.5 Å². The van der Waals surface area contributed by atoms with E-state index in [4.69, 9.17) is 17.3 Å². The zero-order valence-corrected chi connectivity index (χ0v) is 10.1. The van der Waals surface area contributed by atoms with Crippen LogP contribution >= 0.6 is 11.6 Å². The lowest BCUT2D eigenvalue weighted by molar-refractivity contribution is -0.127. The van der Waals surface area contributed by atoms with Crippen molar-refractivity contribution in [1.82, 2.24) is 10.6 Å². The Kier molecular flexibility index (Phi) is 5.37. The van der Waals surface area contributed by atoms with Crippen LogP contribution in [0, 0.1) is 5.92 Å². The van der Waals surface area contributed by atoms with Gasteiger partial charge in [-0.1, -0.05) is 0 Å². The van der Waals surface area contributed by atoms with Gasteiger partial charge in [-0.15, -0.1) is 11.6 Å². The van der Waals surface area contributed by atoms with Gasteiger partial charge < -0.3 is 16.4 Å². The molecule has 1 rings (SSSR count). The number of Topliss-reactive ketones (excluding diaryl/α,β-unsaturated/α-hetero) is 1. The molecule has 17 heavy (non-hydrogen) atoms. The van der Waals surface area contributed by atoms with Crippen molar-refractivity contribution in [2.75, 3.05) is 19.0 Å². The van der Waals surface area contributed by atoms with E-state index in [0.717, 1.165) is 0 Å². The van der Waals surface area contributed by atoms with E-state index in [0.29, 0.717) is 13.0 Å². The second kappa shape index (κ2) is 6.56. The topological polar surface area (TPSA) is 101 Å². The van der Waals surface area contributed by atoms with Gasteiger partial charge in [0.1, 0.15) is 0 Å². The number of ketones is 1. The van der Waals surface area contributed by atoms with Gasteiger partial charge in [0.15, 0.2) is 5.78 Å². The van der Waals surface area contributed by atoms with E-state index in [1.54, 1.807) is 0 Å². The SMILES string of the molecule is NCC(=O)NC(CC1CCNC1=O)C(=O)CCl. The van der Waals surface area contributed by atoms with E-state index in [2.05, 4.69) is 10.6 Å². The Morgan fingerprint density at radius 1 is 1.59 bits per heavy atom. The summed E-state index contributed by atoms with van der Waals surface area (Å²) in [5.41, 5.74) is 5.16. The molecule has 0 aromatic heterocycles. The maximum atomic E-state index is 11.5. The van der Waals surface area contributed by atoms with Crippen molar-refractivity contribution in [2.24, 2.45) is 11.7 Å². The summed E-state index contributed by atoms with van der Waals surface area (Å²) in [6.07, 6.45) is 0.951. The third-order valence-electron chi connectivity index (χ3n) is 2.72. The predicted octanol–water partition coefficient (Wildman–Crippen LogP) is -1.24. The molecule has 2 unspecified atom stereocenters. The highest BCUT2D eigenvalue weighted by atomic mass is 35.5. The Bertz CT molecular complexity index is 322. The molecule has 7 heteroatoms. The van der Waals surface area contributed by atoms with Crippen molar-refractivity contribution >= 4 is 29.2 Å². The van der Waals surface area contributed by atoms with Crippen LogP contribution in [-0.2, 0) is 14.4 Å². The molecule has 1 aliphatic rings. The first-order valence-electron chi connectivity index (χ1n) is 5.44. The highest BCUT2D eigenvalue weighted by molar-refractivity contribution is 6.28. The van der Waals surface area contributed by atoms with Crippen LogP contribution in [0.2, 0.25) is 0 Å². The van der Waals surface area contributed by atoms with Crippen LogP contribution in [0.4, 0.5) is 0 Å². The molecule has 4 N–H and O–H groups in total. The second-order valence-electron chi connectivity index (χ2n) is 3.94. The summed E-state index contributed by atoms with van der Waals surface area (Å²) < 4.78 is 0. The first-order valence-corrected chi connectivity index (χ1v) is 5.97. The molecule has 1 fully saturated rings. The molecule has 0 spiro atoms. The van der Waals surface area contributed by atoms with Crippen LogP contribution in [0.25, 0.3) is 0 Å². The maximum absolute atomic E-state index is 11.5. The highest BCUT2D eigenvalue weighted by Gasteiger charge is 2.30. The first-order chi connectivity index (χ1) is 8.08. The standard InChI is InChI=1S/C10H16ClN3O3/c11-4-8(15)7(14-9(16)5-12)3-6-1-2-13-10(6)17/h6-7H,1-5,12H2,(H,13,17)(H,14,16). The van der Waals surface area contributed by atoms with Gasteiger partial charge in [-0.05, 0) is 12.8 Å². The van der Waals surface area contributed by atoms with Crippen LogP contribution in [0.15, 0.2) is 0 Å². The molecule has 6 nitrogen and oxygen atoms in total. The minimum atomic E-state index is -0.725. The summed E-state index contributed by atoms with van der Waals surface area (Å²) in [6, 6.07) is -0.725. The van der Waals surface area contributed by atoms with Crippen molar-refractivity contribution < 1.29 is 14.4 Å². The van der Waals surface area contributed by atoms with Gasteiger partial charge in [-0.3, -0.25) is 14.4 Å². The van der Waals surface area contributed by atoms with Gasteiger partial charge in [0.2, 0.25) is 11.8 Å². The van der Waals surface area contributed by atoms with Crippen molar-refractivity contribution in [3.05, 3.63) is 0 Å². The molecular formula is C10H16ClN3O3. The Hall–Kier alpha value is -1.14. The number of hydrogen-bond donors (Lipinski definition) is 3. The summed E-state index contributed by atoms with van der Waals surface area (Å²) >= 11 is 5.46. The minimum absolute atomic E-state index is 0.0839. The van der Waals surface area contributed by atoms with E-state index < -0.39 is 11.9 Å². The summed E-state index contributed by atoms with van der Waals surface area (Å²) in [5.74, 6) is -1.24. The van der Waals surface area contributed by atoms with E-state index >= 15 is 0 Å². The first kappa shape index (κ1) is 13.9. The molecule has 0 aromatic rings. The number of rotatable bonds is 6. The Labute approximate surface area is 104 Å². The fraction of sp³-hybridized carbons (Fsp3) is 0.700. The number of carbonyl (C=O) groups is 3. The fourth-order valence-electron chi connectivity index (χ4n) is 1.77. The smallest absolute Gasteiger partial charge is 0.234 e. The third-order valence-corrected chi connectivity index (χ3v) is 2.99. The molecule has 0 bridgehead atoms. The normalized spacial score (nSPS) is 20.8. The molecule has 0 aromatic carbocycles. The monoisotopic (exact) mass is 261 g/mol. The Morgan fingerprint density at radius 3 is 2.76 bits per heavy atom. The lowest BCUT2D eigenvalue weighted by Crippen LogP contribution is -2.45. The van der Waals surface area contributed by atoms with Gasteiger partial charge in [-0.2, -0.15) is 0 Å². The van der Waals surface area contributed by atoms with Crippen molar-refractivity contribution in [1.29, 1.82) is 0 Å². The second-order valence-corrected chi connectivity index (χ2v) is 4.20. The molecule has 0 radical (unpaired) electrons. The average molecular weight is 262 g/mol. The number of nitrogens with one attached hydrogen (secondary N) is 2. The molecule has 96 valence electrons. The van der Waals surface area contributed by atoms with E-state index in [1.165, 1.54) is 0 Å². The van der Waals surface area contributed by atoms with E-state index in [9.17, 15) is 14.4 Å². The fourth-order valence-corrected chi connectivity index (χ4v) is 1.96. The number of hydrogen-bond acceptors (Lipinski definition) is 4. The van der Waals surface area contributed by atoms with E-state index in [1.807, 2.05) is 0 Å². The summed E-state index contributed by atoms with van der Waals surface area (Å²) in [7, 11) is 0. The summed E-state index contributed by atoms with van der Waals surface area (Å²) in [6.45, 7) is 0.416. The molecule has 1 aliphatic heterocycles. The predicted molar refractivity (Wildman–Crippen MR) is 62.4 cm³/mol. The number of nitrogens with two attached hydrogens (primary N) is 1. The van der Waals surface area contributed by atoms with Crippen molar-refractivity contribution in [2.45, 2.75) is 18.9 Å². The summed E-state index contributed by atoms with van der Waals surface area (Å²) in [5, 5.41) is 5.17. The Morgan fingerprint density at radius 2 is 2.29 bits per heavy atom. The van der Waals surface area contributed by atoms with Crippen LogP contribution in [-0.4, -0.2) is 42.6 Å². The van der Waals surface area contributed by atoms with Crippen molar-refractivity contribution in [3.63, 3.8) is 0 Å². The largest absolute Gasteiger partial charge is 0.356 e. The summed E-state index contributed by atoms with van der Waals surface area (Å²) in [4.78, 5) is 34.1. The zero-order chi connectivity index (χ0) is 12.8. The molecule has 1 heterocycles. The van der Waals surface area contributed by atoms with Crippen LogP contribution in [0.3, 0.4) is 0 Å². The third kappa shape index (κ3) is 3.98. The van der Waals surface area contributed by atoms with Gasteiger partial charge in [0, 0.05) is 12.5 Å². The number of amides is 2.